The minimum atomic E-state index is -0.137. The number of hydrogen-bond donors (Lipinski definition) is 2. The molecule has 6 nitrogen and oxygen atoms in total. The molecule has 2 N–H and O–H groups in total. The van der Waals surface area contributed by atoms with Crippen LogP contribution >= 0.6 is 0 Å². The number of aromatic nitrogens is 4. The molecule has 0 radical (unpaired) electrons. The number of rotatable bonds is 3. The molecule has 0 aliphatic carbocycles. The van der Waals surface area contributed by atoms with Crippen LogP contribution in [0.5, 0.6) is 0 Å². The predicted octanol–water partition coefficient (Wildman–Crippen LogP) is 1.66. The molecule has 3 heterocycles. The Hall–Kier alpha value is -2.47. The van der Waals surface area contributed by atoms with E-state index in [1.807, 2.05) is 25.1 Å². The summed E-state index contributed by atoms with van der Waals surface area (Å²) in [5, 5.41) is 17.9. The van der Waals surface area contributed by atoms with Gasteiger partial charge in [-0.1, -0.05) is 0 Å². The van der Waals surface area contributed by atoms with Crippen LogP contribution in [0.2, 0.25) is 0 Å². The summed E-state index contributed by atoms with van der Waals surface area (Å²) in [6.07, 6.45) is 3.51. The van der Waals surface area contributed by atoms with Gasteiger partial charge in [0.25, 0.3) is 0 Å². The Balaban J connectivity index is 2.27. The third-order valence-electron chi connectivity index (χ3n) is 3.15. The van der Waals surface area contributed by atoms with Gasteiger partial charge in [0.15, 0.2) is 0 Å². The van der Waals surface area contributed by atoms with Crippen LogP contribution in [0.15, 0.2) is 30.6 Å². The van der Waals surface area contributed by atoms with Crippen molar-refractivity contribution in [2.24, 2.45) is 0 Å². The molecule has 0 bridgehead atoms. The zero-order valence-corrected chi connectivity index (χ0v) is 11.3. The lowest BCUT2D eigenvalue weighted by atomic mass is 10.2. The van der Waals surface area contributed by atoms with E-state index in [4.69, 9.17) is 0 Å². The number of hydrogen-bond acceptors (Lipinski definition) is 5. The first-order chi connectivity index (χ1) is 9.72. The van der Waals surface area contributed by atoms with E-state index in [2.05, 4.69) is 20.4 Å². The van der Waals surface area contributed by atoms with E-state index in [9.17, 15) is 5.11 Å². The topological polar surface area (TPSA) is 75.9 Å². The first-order valence-corrected chi connectivity index (χ1v) is 6.32. The fraction of sp³-hybridized carbons (Fsp3) is 0.214. The van der Waals surface area contributed by atoms with E-state index < -0.39 is 0 Å². The Morgan fingerprint density at radius 2 is 2.20 bits per heavy atom. The fourth-order valence-electron chi connectivity index (χ4n) is 2.23. The summed E-state index contributed by atoms with van der Waals surface area (Å²) in [6, 6.07) is 5.73. The van der Waals surface area contributed by atoms with Gasteiger partial charge in [-0.25, -0.2) is 9.67 Å². The van der Waals surface area contributed by atoms with E-state index in [0.717, 1.165) is 22.3 Å². The summed E-state index contributed by atoms with van der Waals surface area (Å²) in [7, 11) is 1.80. The van der Waals surface area contributed by atoms with Gasteiger partial charge >= 0.3 is 0 Å². The zero-order valence-electron chi connectivity index (χ0n) is 11.3. The molecule has 20 heavy (non-hydrogen) atoms. The predicted molar refractivity (Wildman–Crippen MR) is 76.9 cm³/mol. The Morgan fingerprint density at radius 1 is 1.35 bits per heavy atom. The number of nitrogens with zero attached hydrogens (tertiary/aromatic N) is 4. The maximum Gasteiger partial charge on any atom is 0.126 e. The van der Waals surface area contributed by atoms with Crippen LogP contribution < -0.4 is 5.32 Å². The summed E-state index contributed by atoms with van der Waals surface area (Å²) in [6.45, 7) is 1.79. The maximum atomic E-state index is 9.56. The van der Waals surface area contributed by atoms with Crippen LogP contribution in [0.4, 0.5) is 5.82 Å². The Kier molecular flexibility index (Phi) is 3.08. The van der Waals surface area contributed by atoms with Crippen molar-refractivity contribution < 1.29 is 5.11 Å². The summed E-state index contributed by atoms with van der Waals surface area (Å²) >= 11 is 0. The van der Waals surface area contributed by atoms with Crippen molar-refractivity contribution in [3.63, 3.8) is 0 Å². The van der Waals surface area contributed by atoms with Gasteiger partial charge in [-0.2, -0.15) is 5.10 Å². The number of anilines is 1. The second kappa shape index (κ2) is 4.90. The van der Waals surface area contributed by atoms with Crippen molar-refractivity contribution in [3.05, 3.63) is 42.0 Å². The highest BCUT2D eigenvalue weighted by atomic mass is 16.3. The van der Waals surface area contributed by atoms with Crippen molar-refractivity contribution in [2.45, 2.75) is 13.5 Å². The Bertz CT molecular complexity index is 765. The highest BCUT2D eigenvalue weighted by Gasteiger charge is 2.12. The lowest BCUT2D eigenvalue weighted by Crippen LogP contribution is -2.03. The van der Waals surface area contributed by atoms with Gasteiger partial charge in [0.2, 0.25) is 0 Å². The highest BCUT2D eigenvalue weighted by Crippen LogP contribution is 2.23. The molecule has 0 atom stereocenters. The molecule has 102 valence electrons. The van der Waals surface area contributed by atoms with E-state index in [1.54, 1.807) is 24.1 Å². The van der Waals surface area contributed by atoms with E-state index in [1.165, 1.54) is 0 Å². The van der Waals surface area contributed by atoms with Crippen molar-refractivity contribution in [1.82, 2.24) is 19.7 Å². The Morgan fingerprint density at radius 3 is 2.90 bits per heavy atom. The quantitative estimate of drug-likeness (QED) is 0.756. The van der Waals surface area contributed by atoms with Crippen LogP contribution in [0, 0.1) is 6.92 Å². The molecule has 0 unspecified atom stereocenters. The average Bonchev–Trinajstić information content (AvgIpc) is 2.90. The molecule has 0 aromatic carbocycles. The van der Waals surface area contributed by atoms with Crippen molar-refractivity contribution >= 4 is 16.7 Å². The number of pyridine rings is 2. The van der Waals surface area contributed by atoms with Crippen molar-refractivity contribution in [3.8, 4) is 5.69 Å². The van der Waals surface area contributed by atoms with Crippen LogP contribution in [0.3, 0.4) is 0 Å². The first-order valence-electron chi connectivity index (χ1n) is 6.32. The molecule has 3 aromatic heterocycles. The van der Waals surface area contributed by atoms with Gasteiger partial charge in [-0.05, 0) is 25.1 Å². The maximum absolute atomic E-state index is 9.56. The van der Waals surface area contributed by atoms with E-state index in [-0.39, 0.29) is 6.61 Å². The molecule has 0 saturated carbocycles. The molecule has 0 aliphatic heterocycles. The standard InChI is InChI=1S/C14H15N5O/c1-9-5-11(3-4-16-9)19-14-10(7-17-19)6-13(15-2)18-12(14)8-20/h3-7,20H,8H2,1-2H3,(H,15,18). The highest BCUT2D eigenvalue weighted by molar-refractivity contribution is 5.84. The molecule has 0 aliphatic rings. The second-order valence-electron chi connectivity index (χ2n) is 4.51. The van der Waals surface area contributed by atoms with Crippen LogP contribution in [0.1, 0.15) is 11.4 Å². The summed E-state index contributed by atoms with van der Waals surface area (Å²) in [4.78, 5) is 8.56. The first kappa shape index (κ1) is 12.6. The lowest BCUT2D eigenvalue weighted by molar-refractivity contribution is 0.278. The summed E-state index contributed by atoms with van der Waals surface area (Å²) in [5.41, 5.74) is 3.23. The van der Waals surface area contributed by atoms with Gasteiger partial charge in [-0.3, -0.25) is 4.98 Å². The monoisotopic (exact) mass is 269 g/mol. The third-order valence-corrected chi connectivity index (χ3v) is 3.15. The van der Waals surface area contributed by atoms with Gasteiger partial charge in [-0.15, -0.1) is 0 Å². The zero-order chi connectivity index (χ0) is 14.1. The third kappa shape index (κ3) is 2.00. The molecular formula is C14H15N5O. The Labute approximate surface area is 116 Å². The smallest absolute Gasteiger partial charge is 0.126 e. The van der Waals surface area contributed by atoms with Crippen LogP contribution in [0.25, 0.3) is 16.6 Å². The van der Waals surface area contributed by atoms with Crippen molar-refractivity contribution in [1.29, 1.82) is 0 Å². The van der Waals surface area contributed by atoms with Gasteiger partial charge in [0.05, 0.1) is 29.7 Å². The molecular weight excluding hydrogens is 254 g/mol. The largest absolute Gasteiger partial charge is 0.390 e. The molecule has 0 spiro atoms. The minimum Gasteiger partial charge on any atom is -0.390 e. The lowest BCUT2D eigenvalue weighted by Gasteiger charge is -2.08. The van der Waals surface area contributed by atoms with Crippen LogP contribution in [-0.2, 0) is 6.61 Å². The summed E-state index contributed by atoms with van der Waals surface area (Å²) < 4.78 is 1.78. The number of aliphatic hydroxyl groups excluding tert-OH is 1. The SMILES string of the molecule is CNc1cc2cnn(-c3ccnc(C)c3)c2c(CO)n1. The van der Waals surface area contributed by atoms with Gasteiger partial charge < -0.3 is 10.4 Å². The van der Waals surface area contributed by atoms with Gasteiger partial charge in [0, 0.05) is 24.3 Å². The second-order valence-corrected chi connectivity index (χ2v) is 4.51. The molecule has 0 amide bonds. The number of fused-ring (bicyclic) bond motifs is 1. The minimum absolute atomic E-state index is 0.137. The molecule has 3 rings (SSSR count). The van der Waals surface area contributed by atoms with E-state index in [0.29, 0.717) is 11.5 Å². The fourth-order valence-corrected chi connectivity index (χ4v) is 2.23. The molecule has 3 aromatic rings. The number of nitrogens with one attached hydrogen (secondary N) is 1. The van der Waals surface area contributed by atoms with Crippen molar-refractivity contribution in [2.75, 3.05) is 12.4 Å². The summed E-state index contributed by atoms with van der Waals surface area (Å²) in [5.74, 6) is 0.715. The van der Waals surface area contributed by atoms with Crippen LogP contribution in [-0.4, -0.2) is 31.9 Å². The van der Waals surface area contributed by atoms with E-state index >= 15 is 0 Å². The molecule has 6 heteroatoms. The molecule has 0 saturated heterocycles. The average molecular weight is 269 g/mol. The number of aliphatic hydroxyl groups is 1. The number of aryl methyl sites for hydroxylation is 1. The van der Waals surface area contributed by atoms with Gasteiger partial charge in [0.1, 0.15) is 5.82 Å². The normalized spacial score (nSPS) is 10.9. The molecule has 0 fully saturated rings.